The van der Waals surface area contributed by atoms with Crippen molar-refractivity contribution >= 4 is 51.1 Å². The van der Waals surface area contributed by atoms with Crippen LogP contribution in [0, 0.1) is 0 Å². The van der Waals surface area contributed by atoms with Gasteiger partial charge in [-0.3, -0.25) is 9.59 Å². The van der Waals surface area contributed by atoms with Gasteiger partial charge < -0.3 is 10.2 Å². The standard InChI is InChI=1S/C29H32BrClN2O2S/c1-29(2,3)32-28(35)26(17-21-9-5-4-6-10-21)33(18-22-11-7-13-24(30)15-22)27(34)20-36-19-23-12-8-14-25(31)16-23/h4-16,26H,17-20H2,1-3H3,(H,32,35)/t26-/m0/s1. The van der Waals surface area contributed by atoms with Crippen molar-refractivity contribution < 1.29 is 9.59 Å². The Kier molecular flexibility index (Phi) is 10.5. The number of hydrogen-bond donors (Lipinski definition) is 1. The number of rotatable bonds is 10. The minimum Gasteiger partial charge on any atom is -0.350 e. The van der Waals surface area contributed by atoms with E-state index < -0.39 is 11.6 Å². The number of carbonyl (C=O) groups is 2. The lowest BCUT2D eigenvalue weighted by atomic mass is 10.0. The molecule has 0 spiro atoms. The molecular weight excluding hydrogens is 556 g/mol. The van der Waals surface area contributed by atoms with Crippen molar-refractivity contribution in [3.63, 3.8) is 0 Å². The van der Waals surface area contributed by atoms with Crippen LogP contribution in [0.15, 0.2) is 83.3 Å². The zero-order valence-corrected chi connectivity index (χ0v) is 24.0. The maximum absolute atomic E-state index is 13.7. The van der Waals surface area contributed by atoms with Crippen LogP contribution in [0.4, 0.5) is 0 Å². The summed E-state index contributed by atoms with van der Waals surface area (Å²) < 4.78 is 0.932. The molecule has 0 aliphatic rings. The monoisotopic (exact) mass is 586 g/mol. The third kappa shape index (κ3) is 9.30. The Morgan fingerprint density at radius 3 is 2.28 bits per heavy atom. The topological polar surface area (TPSA) is 49.4 Å². The van der Waals surface area contributed by atoms with Crippen LogP contribution in [0.25, 0.3) is 0 Å². The molecule has 0 heterocycles. The number of hydrogen-bond acceptors (Lipinski definition) is 3. The molecule has 0 saturated heterocycles. The van der Waals surface area contributed by atoms with E-state index in [1.807, 2.05) is 99.6 Å². The minimum atomic E-state index is -0.648. The Morgan fingerprint density at radius 1 is 0.944 bits per heavy atom. The summed E-state index contributed by atoms with van der Waals surface area (Å²) in [6, 6.07) is 24.7. The van der Waals surface area contributed by atoms with Gasteiger partial charge in [0.05, 0.1) is 5.75 Å². The second kappa shape index (κ2) is 13.3. The van der Waals surface area contributed by atoms with Gasteiger partial charge in [-0.05, 0) is 61.7 Å². The van der Waals surface area contributed by atoms with E-state index in [0.29, 0.717) is 23.7 Å². The summed E-state index contributed by atoms with van der Waals surface area (Å²) in [5.74, 6) is 0.685. The number of carbonyl (C=O) groups excluding carboxylic acids is 2. The molecule has 0 aliphatic heterocycles. The highest BCUT2D eigenvalue weighted by atomic mass is 79.9. The lowest BCUT2D eigenvalue weighted by Crippen LogP contribution is -2.54. The fourth-order valence-corrected chi connectivity index (χ4v) is 5.32. The van der Waals surface area contributed by atoms with Crippen molar-refractivity contribution in [3.05, 3.63) is 105 Å². The quantitative estimate of drug-likeness (QED) is 0.281. The van der Waals surface area contributed by atoms with Crippen molar-refractivity contribution in [1.29, 1.82) is 0 Å². The average molecular weight is 588 g/mol. The Hall–Kier alpha value is -2.28. The van der Waals surface area contributed by atoms with Gasteiger partial charge in [0.2, 0.25) is 11.8 Å². The molecule has 0 radical (unpaired) electrons. The molecule has 1 atom stereocenters. The first kappa shape index (κ1) is 28.3. The first-order chi connectivity index (χ1) is 17.1. The van der Waals surface area contributed by atoms with E-state index in [1.54, 1.807) is 4.90 Å². The lowest BCUT2D eigenvalue weighted by molar-refractivity contribution is -0.140. The van der Waals surface area contributed by atoms with Crippen molar-refractivity contribution in [2.45, 2.75) is 51.1 Å². The van der Waals surface area contributed by atoms with Gasteiger partial charge in [0, 0.05) is 33.8 Å². The van der Waals surface area contributed by atoms with Gasteiger partial charge in [0.15, 0.2) is 0 Å². The smallest absolute Gasteiger partial charge is 0.243 e. The summed E-state index contributed by atoms with van der Waals surface area (Å²) in [7, 11) is 0. The fourth-order valence-electron chi connectivity index (χ4n) is 3.80. The van der Waals surface area contributed by atoms with Crippen LogP contribution in [0.2, 0.25) is 5.02 Å². The molecule has 190 valence electrons. The van der Waals surface area contributed by atoms with E-state index in [-0.39, 0.29) is 17.6 Å². The number of thioether (sulfide) groups is 1. The maximum atomic E-state index is 13.7. The number of amides is 2. The van der Waals surface area contributed by atoms with E-state index in [2.05, 4.69) is 21.2 Å². The van der Waals surface area contributed by atoms with E-state index in [4.69, 9.17) is 11.6 Å². The molecule has 7 heteroatoms. The summed E-state index contributed by atoms with van der Waals surface area (Å²) in [5.41, 5.74) is 2.60. The number of nitrogens with one attached hydrogen (secondary N) is 1. The van der Waals surface area contributed by atoms with E-state index in [0.717, 1.165) is 21.2 Å². The highest BCUT2D eigenvalue weighted by Gasteiger charge is 2.32. The fraction of sp³-hybridized carbons (Fsp3) is 0.310. The second-order valence-electron chi connectivity index (χ2n) is 9.72. The van der Waals surface area contributed by atoms with Crippen molar-refractivity contribution in [2.24, 2.45) is 0 Å². The molecule has 3 aromatic rings. The van der Waals surface area contributed by atoms with Gasteiger partial charge in [0.25, 0.3) is 0 Å². The normalized spacial score (nSPS) is 12.1. The highest BCUT2D eigenvalue weighted by molar-refractivity contribution is 9.10. The highest BCUT2D eigenvalue weighted by Crippen LogP contribution is 2.21. The van der Waals surface area contributed by atoms with Crippen LogP contribution >= 0.6 is 39.3 Å². The molecule has 0 unspecified atom stereocenters. The SMILES string of the molecule is CC(C)(C)NC(=O)[C@H](Cc1ccccc1)N(Cc1cccc(Br)c1)C(=O)CSCc1cccc(Cl)c1. The molecule has 4 nitrogen and oxygen atoms in total. The maximum Gasteiger partial charge on any atom is 0.243 e. The van der Waals surface area contributed by atoms with Gasteiger partial charge in [0.1, 0.15) is 6.04 Å². The second-order valence-corrected chi connectivity index (χ2v) is 12.1. The van der Waals surface area contributed by atoms with Gasteiger partial charge in [-0.15, -0.1) is 11.8 Å². The molecule has 3 aromatic carbocycles. The van der Waals surface area contributed by atoms with Crippen molar-refractivity contribution in [3.8, 4) is 0 Å². The molecular formula is C29H32BrClN2O2S. The Bertz CT molecular complexity index is 1170. The average Bonchev–Trinajstić information content (AvgIpc) is 2.81. The van der Waals surface area contributed by atoms with Crippen LogP contribution < -0.4 is 5.32 Å². The largest absolute Gasteiger partial charge is 0.350 e. The van der Waals surface area contributed by atoms with Crippen molar-refractivity contribution in [2.75, 3.05) is 5.75 Å². The van der Waals surface area contributed by atoms with E-state index in [1.165, 1.54) is 11.8 Å². The molecule has 36 heavy (non-hydrogen) atoms. The summed E-state index contributed by atoms with van der Waals surface area (Å²) in [6.45, 7) is 6.19. The molecule has 0 aromatic heterocycles. The van der Waals surface area contributed by atoms with Crippen LogP contribution in [0.1, 0.15) is 37.5 Å². The first-order valence-electron chi connectivity index (χ1n) is 11.8. The van der Waals surface area contributed by atoms with Crippen LogP contribution in [-0.2, 0) is 28.3 Å². The minimum absolute atomic E-state index is 0.0769. The molecule has 0 saturated carbocycles. The third-order valence-electron chi connectivity index (χ3n) is 5.39. The molecule has 0 fully saturated rings. The molecule has 2 amide bonds. The van der Waals surface area contributed by atoms with Gasteiger partial charge in [-0.2, -0.15) is 0 Å². The van der Waals surface area contributed by atoms with Gasteiger partial charge in [-0.25, -0.2) is 0 Å². The van der Waals surface area contributed by atoms with Crippen molar-refractivity contribution in [1.82, 2.24) is 10.2 Å². The van der Waals surface area contributed by atoms with Gasteiger partial charge in [-0.1, -0.05) is 82.1 Å². The van der Waals surface area contributed by atoms with Gasteiger partial charge >= 0.3 is 0 Å². The Labute approximate surface area is 231 Å². The predicted octanol–water partition coefficient (Wildman–Crippen LogP) is 6.89. The molecule has 0 bridgehead atoms. The Balaban J connectivity index is 1.87. The van der Waals surface area contributed by atoms with Crippen LogP contribution in [0.3, 0.4) is 0 Å². The molecule has 3 rings (SSSR count). The van der Waals surface area contributed by atoms with E-state index in [9.17, 15) is 9.59 Å². The summed E-state index contributed by atoms with van der Waals surface area (Å²) in [4.78, 5) is 29.0. The summed E-state index contributed by atoms with van der Waals surface area (Å²) >= 11 is 11.2. The summed E-state index contributed by atoms with van der Waals surface area (Å²) in [5, 5.41) is 3.77. The zero-order valence-electron chi connectivity index (χ0n) is 20.8. The summed E-state index contributed by atoms with van der Waals surface area (Å²) in [6.07, 6.45) is 0.432. The van der Waals surface area contributed by atoms with E-state index >= 15 is 0 Å². The van der Waals surface area contributed by atoms with Crippen LogP contribution in [-0.4, -0.2) is 34.0 Å². The third-order valence-corrected chi connectivity index (χ3v) is 7.11. The lowest BCUT2D eigenvalue weighted by Gasteiger charge is -2.34. The predicted molar refractivity (Wildman–Crippen MR) is 154 cm³/mol. The Morgan fingerprint density at radius 2 is 1.61 bits per heavy atom. The molecule has 1 N–H and O–H groups in total. The number of halogens is 2. The number of benzene rings is 3. The zero-order chi connectivity index (χ0) is 26.1. The first-order valence-corrected chi connectivity index (χ1v) is 14.2. The molecule has 0 aliphatic carbocycles. The van der Waals surface area contributed by atoms with Crippen LogP contribution in [0.5, 0.6) is 0 Å². The number of nitrogens with zero attached hydrogens (tertiary/aromatic N) is 1.